The molecule has 1 fully saturated rings. The lowest BCUT2D eigenvalue weighted by Gasteiger charge is -2.44. The Morgan fingerprint density at radius 1 is 1.06 bits per heavy atom. The van der Waals surface area contributed by atoms with E-state index in [-0.39, 0.29) is 0 Å². The Labute approximate surface area is 101 Å². The lowest BCUT2D eigenvalue weighted by molar-refractivity contribution is 0.345. The Kier molecular flexibility index (Phi) is 3.33. The highest BCUT2D eigenvalue weighted by molar-refractivity contribution is 6.78. The van der Waals surface area contributed by atoms with Crippen molar-refractivity contribution in [1.29, 1.82) is 0 Å². The Hall–Kier alpha value is -0.0831. The van der Waals surface area contributed by atoms with Gasteiger partial charge in [-0.05, 0) is 41.3 Å². The summed E-state index contributed by atoms with van der Waals surface area (Å²) >= 11 is 0. The minimum atomic E-state index is -1.60. The van der Waals surface area contributed by atoms with Crippen LogP contribution >= 0.6 is 0 Å². The summed E-state index contributed by atoms with van der Waals surface area (Å²) in [4.78, 5) is 0. The topological polar surface area (TPSA) is 9.23 Å². The van der Waals surface area contributed by atoms with E-state index in [1.54, 1.807) is 0 Å². The third-order valence-electron chi connectivity index (χ3n) is 5.02. The summed E-state index contributed by atoms with van der Waals surface area (Å²) in [5.41, 5.74) is 2.33. The molecule has 0 amide bonds. The Morgan fingerprint density at radius 2 is 1.69 bits per heavy atom. The molecule has 2 bridgehead atoms. The first kappa shape index (κ1) is 12.4. The van der Waals surface area contributed by atoms with Crippen molar-refractivity contribution in [3.63, 3.8) is 0 Å². The average molecular weight is 238 g/mol. The smallest absolute Gasteiger partial charge is 0.200 e. The fourth-order valence-electron chi connectivity index (χ4n) is 4.45. The molecule has 16 heavy (non-hydrogen) atoms. The van der Waals surface area contributed by atoms with E-state index < -0.39 is 8.32 Å². The highest BCUT2D eigenvalue weighted by Gasteiger charge is 2.54. The van der Waals surface area contributed by atoms with Gasteiger partial charge in [-0.2, -0.15) is 0 Å². The summed E-state index contributed by atoms with van der Waals surface area (Å²) < 4.78 is 6.20. The molecule has 2 heteroatoms. The normalized spacial score (nSPS) is 33.3. The van der Waals surface area contributed by atoms with E-state index >= 15 is 0 Å². The molecule has 0 saturated heterocycles. The molecule has 1 nitrogen and oxygen atoms in total. The quantitative estimate of drug-likeness (QED) is 0.522. The van der Waals surface area contributed by atoms with Gasteiger partial charge in [-0.3, -0.25) is 0 Å². The zero-order valence-corrected chi connectivity index (χ0v) is 12.4. The van der Waals surface area contributed by atoms with E-state index in [2.05, 4.69) is 39.8 Å². The molecule has 0 aliphatic heterocycles. The summed E-state index contributed by atoms with van der Waals surface area (Å²) in [7, 11) is 0.378. The maximum atomic E-state index is 6.20. The van der Waals surface area contributed by atoms with Gasteiger partial charge in [0.05, 0.1) is 0 Å². The molecular weight excluding hydrogens is 212 g/mol. The van der Waals surface area contributed by atoms with Crippen molar-refractivity contribution < 1.29 is 4.43 Å². The summed E-state index contributed by atoms with van der Waals surface area (Å²) in [6.45, 7) is 9.52. The van der Waals surface area contributed by atoms with Crippen molar-refractivity contribution in [2.24, 2.45) is 11.8 Å². The predicted molar refractivity (Wildman–Crippen MR) is 72.1 cm³/mol. The second-order valence-corrected chi connectivity index (χ2v) is 11.4. The van der Waals surface area contributed by atoms with Crippen molar-refractivity contribution in [3.05, 3.63) is 12.2 Å². The molecular formula is C14H26OSi. The van der Waals surface area contributed by atoms with Gasteiger partial charge >= 0.3 is 0 Å². The predicted octanol–water partition coefficient (Wildman–Crippen LogP) is 4.36. The van der Waals surface area contributed by atoms with Gasteiger partial charge < -0.3 is 4.43 Å². The number of allylic oxidation sites excluding steroid dienone is 2. The standard InChI is InChI=1S/C14H26OSi/c1-10(2)16(15-5,11(3)4)14-9-12-6-7-13(14)8-12/h6-7,10-14H,8-9H2,1-5H3. The second-order valence-electron chi connectivity index (χ2n) is 6.25. The molecule has 3 atom stereocenters. The van der Waals surface area contributed by atoms with Crippen LogP contribution in [0.4, 0.5) is 0 Å². The first-order valence-corrected chi connectivity index (χ1v) is 8.89. The van der Waals surface area contributed by atoms with E-state index in [1.807, 2.05) is 7.11 Å². The third kappa shape index (κ3) is 1.62. The van der Waals surface area contributed by atoms with Crippen LogP contribution < -0.4 is 0 Å². The summed E-state index contributed by atoms with van der Waals surface area (Å²) in [6.07, 6.45) is 7.72. The van der Waals surface area contributed by atoms with Gasteiger partial charge in [-0.15, -0.1) is 0 Å². The van der Waals surface area contributed by atoms with Gasteiger partial charge in [0.25, 0.3) is 0 Å². The van der Waals surface area contributed by atoms with Gasteiger partial charge in [-0.25, -0.2) is 0 Å². The number of hydrogen-bond donors (Lipinski definition) is 0. The monoisotopic (exact) mass is 238 g/mol. The molecule has 0 radical (unpaired) electrons. The van der Waals surface area contributed by atoms with Crippen LogP contribution in [0.5, 0.6) is 0 Å². The van der Waals surface area contributed by atoms with Crippen molar-refractivity contribution >= 4 is 8.32 Å². The molecule has 92 valence electrons. The molecule has 0 spiro atoms. The van der Waals surface area contributed by atoms with Gasteiger partial charge in [0, 0.05) is 7.11 Å². The molecule has 0 heterocycles. The average Bonchev–Trinajstić information content (AvgIpc) is 2.80. The fraction of sp³-hybridized carbons (Fsp3) is 0.857. The SMILES string of the molecule is CO[Si](C(C)C)(C(C)C)C1CC2C=CC1C2. The van der Waals surface area contributed by atoms with Crippen LogP contribution in [0.1, 0.15) is 40.5 Å². The highest BCUT2D eigenvalue weighted by atomic mass is 28.4. The molecule has 3 unspecified atom stereocenters. The molecule has 0 aromatic heterocycles. The van der Waals surface area contributed by atoms with Crippen LogP contribution in [-0.4, -0.2) is 15.4 Å². The van der Waals surface area contributed by atoms with Gasteiger partial charge in [0.1, 0.15) is 0 Å². The first-order valence-electron chi connectivity index (χ1n) is 6.75. The maximum absolute atomic E-state index is 6.20. The van der Waals surface area contributed by atoms with Crippen LogP contribution in [0.25, 0.3) is 0 Å². The van der Waals surface area contributed by atoms with E-state index in [4.69, 9.17) is 4.43 Å². The maximum Gasteiger partial charge on any atom is 0.200 e. The number of fused-ring (bicyclic) bond motifs is 2. The van der Waals surface area contributed by atoms with Crippen molar-refractivity contribution in [2.45, 2.75) is 57.2 Å². The zero-order valence-electron chi connectivity index (χ0n) is 11.4. The van der Waals surface area contributed by atoms with Gasteiger partial charge in [-0.1, -0.05) is 39.8 Å². The number of hydrogen-bond acceptors (Lipinski definition) is 1. The molecule has 2 rings (SSSR count). The Balaban J connectivity index is 2.29. The minimum Gasteiger partial charge on any atom is -0.419 e. The largest absolute Gasteiger partial charge is 0.419 e. The third-order valence-corrected chi connectivity index (χ3v) is 11.2. The Morgan fingerprint density at radius 3 is 2.00 bits per heavy atom. The van der Waals surface area contributed by atoms with Gasteiger partial charge in [0.15, 0.2) is 0 Å². The van der Waals surface area contributed by atoms with Crippen molar-refractivity contribution in [3.8, 4) is 0 Å². The zero-order chi connectivity index (χ0) is 11.9. The lowest BCUT2D eigenvalue weighted by atomic mass is 10.1. The summed E-state index contributed by atoms with van der Waals surface area (Å²) in [5, 5.41) is 0. The molecule has 2 aliphatic carbocycles. The molecule has 0 aromatic carbocycles. The van der Waals surface area contributed by atoms with Crippen LogP contribution in [-0.2, 0) is 4.43 Å². The lowest BCUT2D eigenvalue weighted by Crippen LogP contribution is -2.49. The first-order chi connectivity index (χ1) is 7.52. The second kappa shape index (κ2) is 4.30. The van der Waals surface area contributed by atoms with E-state index in [1.165, 1.54) is 12.8 Å². The highest BCUT2D eigenvalue weighted by Crippen LogP contribution is 2.57. The molecule has 2 aliphatic rings. The van der Waals surface area contributed by atoms with E-state index in [9.17, 15) is 0 Å². The van der Waals surface area contributed by atoms with Gasteiger partial charge in [0.2, 0.25) is 8.32 Å². The van der Waals surface area contributed by atoms with Crippen LogP contribution in [0, 0.1) is 11.8 Å². The summed E-state index contributed by atoms with van der Waals surface area (Å²) in [6, 6.07) is 0. The van der Waals surface area contributed by atoms with Crippen LogP contribution in [0.3, 0.4) is 0 Å². The van der Waals surface area contributed by atoms with E-state index in [0.29, 0.717) is 0 Å². The molecule has 0 N–H and O–H groups in total. The Bertz CT molecular complexity index is 274. The minimum absolute atomic E-state index is 0.732. The van der Waals surface area contributed by atoms with Crippen molar-refractivity contribution in [1.82, 2.24) is 0 Å². The van der Waals surface area contributed by atoms with Crippen LogP contribution in [0.2, 0.25) is 16.6 Å². The fourth-order valence-corrected chi connectivity index (χ4v) is 10.3. The molecule has 0 aromatic rings. The molecule has 1 saturated carbocycles. The van der Waals surface area contributed by atoms with E-state index in [0.717, 1.165) is 28.5 Å². The van der Waals surface area contributed by atoms with Crippen molar-refractivity contribution in [2.75, 3.05) is 7.11 Å². The summed E-state index contributed by atoms with van der Waals surface area (Å²) in [5.74, 6) is 1.70. The van der Waals surface area contributed by atoms with Crippen LogP contribution in [0.15, 0.2) is 12.2 Å². The number of rotatable bonds is 4.